The maximum Gasteiger partial charge on any atom is 0.253 e. The van der Waals surface area contributed by atoms with Gasteiger partial charge in [-0.05, 0) is 5.56 Å². The number of carbonyl (C=O) groups excluding carboxylic acids is 1. The third-order valence-corrected chi connectivity index (χ3v) is 4.40. The second-order valence-electron chi connectivity index (χ2n) is 6.21. The van der Waals surface area contributed by atoms with Gasteiger partial charge in [0.25, 0.3) is 5.91 Å². The first-order chi connectivity index (χ1) is 12.8. The Morgan fingerprint density at radius 3 is 2.00 bits per heavy atom. The molecule has 0 saturated heterocycles. The highest BCUT2D eigenvalue weighted by Crippen LogP contribution is 2.34. The van der Waals surface area contributed by atoms with Gasteiger partial charge in [0.2, 0.25) is 6.23 Å². The number of carbonyl (C=O) groups is 1. The number of nitrogens with zero attached hydrogens (tertiary/aromatic N) is 1. The Hall–Kier alpha value is -3.33. The van der Waals surface area contributed by atoms with Crippen LogP contribution in [0.3, 0.4) is 0 Å². The monoisotopic (exact) mass is 341 g/mol. The lowest BCUT2D eigenvalue weighted by Gasteiger charge is -2.36. The summed E-state index contributed by atoms with van der Waals surface area (Å²) in [7, 11) is 0. The van der Waals surface area contributed by atoms with E-state index >= 15 is 0 Å². The average Bonchev–Trinajstić information content (AvgIpc) is 2.71. The molecule has 128 valence electrons. The molecule has 3 aromatic carbocycles. The molecule has 0 aliphatic carbocycles. The Labute approximate surface area is 153 Å². The molecule has 0 N–H and O–H groups in total. The van der Waals surface area contributed by atoms with Gasteiger partial charge in [0, 0.05) is 23.7 Å². The van der Waals surface area contributed by atoms with E-state index in [1.54, 1.807) is 11.0 Å². The zero-order valence-corrected chi connectivity index (χ0v) is 14.3. The number of amides is 1. The number of benzene rings is 3. The molecule has 3 aromatic rings. The van der Waals surface area contributed by atoms with Crippen molar-refractivity contribution in [1.29, 1.82) is 0 Å². The van der Waals surface area contributed by atoms with Gasteiger partial charge in [0.15, 0.2) is 0 Å². The topological polar surface area (TPSA) is 29.5 Å². The van der Waals surface area contributed by atoms with E-state index < -0.39 is 6.23 Å². The first-order valence-electron chi connectivity index (χ1n) is 8.64. The fraction of sp³-hybridized carbons (Fsp3) is 0.0870. The summed E-state index contributed by atoms with van der Waals surface area (Å²) < 4.78 is 6.28. The van der Waals surface area contributed by atoms with Crippen LogP contribution in [0.1, 0.15) is 22.9 Å². The highest BCUT2D eigenvalue weighted by molar-refractivity contribution is 5.95. The zero-order chi connectivity index (χ0) is 17.8. The minimum atomic E-state index is -0.455. The van der Waals surface area contributed by atoms with E-state index in [2.05, 4.69) is 0 Å². The molecule has 1 aliphatic heterocycles. The van der Waals surface area contributed by atoms with Crippen LogP contribution in [0.25, 0.3) is 5.76 Å². The SMILES string of the molecule is O=C1C=C(c2ccccc2)OC(c2ccccc2)N1Cc1ccccc1. The van der Waals surface area contributed by atoms with Crippen molar-refractivity contribution in [2.45, 2.75) is 12.8 Å². The predicted molar refractivity (Wildman–Crippen MR) is 102 cm³/mol. The number of ether oxygens (including phenoxy) is 1. The van der Waals surface area contributed by atoms with Crippen molar-refractivity contribution in [1.82, 2.24) is 4.90 Å². The quantitative estimate of drug-likeness (QED) is 0.683. The second kappa shape index (κ2) is 7.28. The Bertz CT molecular complexity index is 905. The largest absolute Gasteiger partial charge is 0.465 e. The van der Waals surface area contributed by atoms with Gasteiger partial charge in [-0.25, -0.2) is 0 Å². The van der Waals surface area contributed by atoms with Crippen molar-refractivity contribution in [2.24, 2.45) is 0 Å². The van der Waals surface area contributed by atoms with E-state index in [9.17, 15) is 4.79 Å². The Morgan fingerprint density at radius 1 is 0.769 bits per heavy atom. The first-order valence-corrected chi connectivity index (χ1v) is 8.64. The Kier molecular flexibility index (Phi) is 4.52. The summed E-state index contributed by atoms with van der Waals surface area (Å²) in [4.78, 5) is 14.7. The smallest absolute Gasteiger partial charge is 0.253 e. The Morgan fingerprint density at radius 2 is 1.35 bits per heavy atom. The summed E-state index contributed by atoms with van der Waals surface area (Å²) in [5, 5.41) is 0. The number of rotatable bonds is 4. The highest BCUT2D eigenvalue weighted by atomic mass is 16.5. The van der Waals surface area contributed by atoms with E-state index in [1.807, 2.05) is 91.0 Å². The summed E-state index contributed by atoms with van der Waals surface area (Å²) >= 11 is 0. The molecule has 0 fully saturated rings. The summed E-state index contributed by atoms with van der Waals surface area (Å²) in [6.07, 6.45) is 1.13. The van der Waals surface area contributed by atoms with Crippen molar-refractivity contribution in [3.8, 4) is 0 Å². The lowest BCUT2D eigenvalue weighted by molar-refractivity contribution is -0.140. The van der Waals surface area contributed by atoms with Crippen LogP contribution in [0.5, 0.6) is 0 Å². The van der Waals surface area contributed by atoms with Gasteiger partial charge in [-0.2, -0.15) is 0 Å². The molecule has 1 unspecified atom stereocenters. The minimum Gasteiger partial charge on any atom is -0.465 e. The molecular weight excluding hydrogens is 322 g/mol. The summed E-state index contributed by atoms with van der Waals surface area (Å²) in [6.45, 7) is 0.498. The molecule has 1 heterocycles. The van der Waals surface area contributed by atoms with Gasteiger partial charge >= 0.3 is 0 Å². The van der Waals surface area contributed by atoms with Crippen LogP contribution in [0, 0.1) is 0 Å². The van der Waals surface area contributed by atoms with Crippen LogP contribution in [-0.2, 0) is 16.1 Å². The highest BCUT2D eigenvalue weighted by Gasteiger charge is 2.31. The van der Waals surface area contributed by atoms with Gasteiger partial charge in [0.1, 0.15) is 5.76 Å². The van der Waals surface area contributed by atoms with Gasteiger partial charge < -0.3 is 4.74 Å². The van der Waals surface area contributed by atoms with Gasteiger partial charge in [-0.15, -0.1) is 0 Å². The van der Waals surface area contributed by atoms with Crippen LogP contribution in [0.4, 0.5) is 0 Å². The summed E-state index contributed by atoms with van der Waals surface area (Å²) in [6, 6.07) is 29.6. The van der Waals surface area contributed by atoms with Gasteiger partial charge in [0.05, 0.1) is 0 Å². The number of hydrogen-bond donors (Lipinski definition) is 0. The fourth-order valence-corrected chi connectivity index (χ4v) is 3.09. The van der Waals surface area contributed by atoms with E-state index in [1.165, 1.54) is 0 Å². The summed E-state index contributed by atoms with van der Waals surface area (Å²) in [5.74, 6) is 0.557. The predicted octanol–water partition coefficient (Wildman–Crippen LogP) is 4.79. The van der Waals surface area contributed by atoms with Crippen LogP contribution in [0.2, 0.25) is 0 Å². The molecule has 1 amide bonds. The molecule has 0 spiro atoms. The lowest BCUT2D eigenvalue weighted by Crippen LogP contribution is -2.37. The third-order valence-electron chi connectivity index (χ3n) is 4.40. The molecule has 0 radical (unpaired) electrons. The maximum absolute atomic E-state index is 12.9. The molecule has 3 heteroatoms. The van der Waals surface area contributed by atoms with Crippen LogP contribution in [0.15, 0.2) is 97.1 Å². The Balaban J connectivity index is 1.71. The zero-order valence-electron chi connectivity index (χ0n) is 14.3. The second-order valence-corrected chi connectivity index (χ2v) is 6.21. The molecule has 4 rings (SSSR count). The van der Waals surface area contributed by atoms with Crippen molar-refractivity contribution < 1.29 is 9.53 Å². The molecule has 0 aromatic heterocycles. The van der Waals surface area contributed by atoms with Crippen molar-refractivity contribution in [3.63, 3.8) is 0 Å². The molecular formula is C23H19NO2. The molecule has 0 bridgehead atoms. The third kappa shape index (κ3) is 3.38. The lowest BCUT2D eigenvalue weighted by atomic mass is 10.1. The van der Waals surface area contributed by atoms with E-state index in [4.69, 9.17) is 4.74 Å². The van der Waals surface area contributed by atoms with E-state index in [-0.39, 0.29) is 5.91 Å². The standard InChI is InChI=1S/C23H19NO2/c25-22-16-21(19-12-6-2-7-13-19)26-23(20-14-8-3-9-15-20)24(22)17-18-10-4-1-5-11-18/h1-16,23H,17H2. The minimum absolute atomic E-state index is 0.0483. The van der Waals surface area contributed by atoms with E-state index in [0.717, 1.165) is 16.7 Å². The van der Waals surface area contributed by atoms with Crippen LogP contribution < -0.4 is 0 Å². The van der Waals surface area contributed by atoms with Crippen molar-refractivity contribution >= 4 is 11.7 Å². The van der Waals surface area contributed by atoms with Crippen molar-refractivity contribution in [3.05, 3.63) is 114 Å². The normalized spacial score (nSPS) is 16.8. The molecule has 1 aliphatic rings. The summed E-state index contributed by atoms with van der Waals surface area (Å²) in [5.41, 5.74) is 2.93. The van der Waals surface area contributed by atoms with Crippen LogP contribution in [-0.4, -0.2) is 10.8 Å². The van der Waals surface area contributed by atoms with Crippen LogP contribution >= 0.6 is 0 Å². The maximum atomic E-state index is 12.9. The van der Waals surface area contributed by atoms with Gasteiger partial charge in [-0.1, -0.05) is 91.0 Å². The van der Waals surface area contributed by atoms with Gasteiger partial charge in [-0.3, -0.25) is 9.69 Å². The average molecular weight is 341 g/mol. The first kappa shape index (κ1) is 16.2. The molecule has 0 saturated carbocycles. The van der Waals surface area contributed by atoms with Crippen molar-refractivity contribution in [2.75, 3.05) is 0 Å². The fourth-order valence-electron chi connectivity index (χ4n) is 3.09. The molecule has 26 heavy (non-hydrogen) atoms. The molecule has 3 nitrogen and oxygen atoms in total. The van der Waals surface area contributed by atoms with E-state index in [0.29, 0.717) is 12.3 Å². The number of hydrogen-bond acceptors (Lipinski definition) is 2. The molecule has 1 atom stereocenters.